The SMILES string of the molecule is CCc1cccc(C(C)CCC(C)C)c1. The zero-order chi connectivity index (χ0) is 11.3. The van der Waals surface area contributed by atoms with Crippen LogP contribution in [0.1, 0.15) is 57.6 Å². The highest BCUT2D eigenvalue weighted by atomic mass is 14.1. The van der Waals surface area contributed by atoms with Crippen LogP contribution in [0.25, 0.3) is 0 Å². The van der Waals surface area contributed by atoms with E-state index >= 15 is 0 Å². The number of benzene rings is 1. The molecule has 0 bridgehead atoms. The van der Waals surface area contributed by atoms with E-state index in [4.69, 9.17) is 0 Å². The number of hydrogen-bond acceptors (Lipinski definition) is 0. The van der Waals surface area contributed by atoms with Crippen LogP contribution < -0.4 is 0 Å². The molecule has 15 heavy (non-hydrogen) atoms. The normalized spacial score (nSPS) is 13.1. The molecule has 0 N–H and O–H groups in total. The van der Waals surface area contributed by atoms with Gasteiger partial charge in [-0.1, -0.05) is 58.4 Å². The van der Waals surface area contributed by atoms with Crippen molar-refractivity contribution in [2.45, 2.75) is 52.9 Å². The third kappa shape index (κ3) is 4.07. The molecule has 0 aromatic heterocycles. The van der Waals surface area contributed by atoms with Crippen LogP contribution in [0.4, 0.5) is 0 Å². The molecule has 1 aromatic rings. The third-order valence-electron chi connectivity index (χ3n) is 3.11. The summed E-state index contributed by atoms with van der Waals surface area (Å²) in [6.07, 6.45) is 3.78. The van der Waals surface area contributed by atoms with Crippen LogP contribution >= 0.6 is 0 Å². The highest BCUT2D eigenvalue weighted by molar-refractivity contribution is 5.25. The van der Waals surface area contributed by atoms with Gasteiger partial charge in [-0.15, -0.1) is 0 Å². The zero-order valence-electron chi connectivity index (χ0n) is 10.6. The minimum absolute atomic E-state index is 0.707. The maximum Gasteiger partial charge on any atom is -0.0190 e. The first-order valence-corrected chi connectivity index (χ1v) is 6.22. The van der Waals surface area contributed by atoms with Crippen molar-refractivity contribution in [2.75, 3.05) is 0 Å². The molecule has 0 saturated heterocycles. The second-order valence-electron chi connectivity index (χ2n) is 4.97. The first-order valence-electron chi connectivity index (χ1n) is 6.22. The Morgan fingerprint density at radius 2 is 1.80 bits per heavy atom. The predicted octanol–water partition coefficient (Wildman–Crippen LogP) is 4.79. The molecule has 1 aromatic carbocycles. The Morgan fingerprint density at radius 1 is 1.07 bits per heavy atom. The highest BCUT2D eigenvalue weighted by Gasteiger charge is 2.06. The van der Waals surface area contributed by atoms with Gasteiger partial charge in [0.15, 0.2) is 0 Å². The summed E-state index contributed by atoms with van der Waals surface area (Å²) >= 11 is 0. The molecular formula is C15H24. The maximum atomic E-state index is 2.37. The van der Waals surface area contributed by atoms with Crippen LogP contribution in [-0.4, -0.2) is 0 Å². The fourth-order valence-electron chi connectivity index (χ4n) is 1.87. The lowest BCUT2D eigenvalue weighted by Gasteiger charge is -2.14. The monoisotopic (exact) mass is 204 g/mol. The second-order valence-corrected chi connectivity index (χ2v) is 4.97. The lowest BCUT2D eigenvalue weighted by molar-refractivity contribution is 0.517. The van der Waals surface area contributed by atoms with Crippen molar-refractivity contribution in [1.29, 1.82) is 0 Å². The van der Waals surface area contributed by atoms with E-state index in [9.17, 15) is 0 Å². The molecule has 0 saturated carbocycles. The molecule has 0 radical (unpaired) electrons. The van der Waals surface area contributed by atoms with Crippen LogP contribution in [0, 0.1) is 5.92 Å². The van der Waals surface area contributed by atoms with Crippen molar-refractivity contribution in [3.05, 3.63) is 35.4 Å². The van der Waals surface area contributed by atoms with Gasteiger partial charge in [0.1, 0.15) is 0 Å². The molecule has 0 aliphatic carbocycles. The summed E-state index contributed by atoms with van der Waals surface area (Å²) in [6.45, 7) is 9.17. The van der Waals surface area contributed by atoms with E-state index in [1.807, 2.05) is 0 Å². The van der Waals surface area contributed by atoms with E-state index in [-0.39, 0.29) is 0 Å². The lowest BCUT2D eigenvalue weighted by atomic mass is 9.92. The molecule has 1 unspecified atom stereocenters. The van der Waals surface area contributed by atoms with Gasteiger partial charge in [-0.2, -0.15) is 0 Å². The van der Waals surface area contributed by atoms with Crippen LogP contribution in [0.2, 0.25) is 0 Å². The summed E-state index contributed by atoms with van der Waals surface area (Å²) in [5.74, 6) is 1.53. The molecular weight excluding hydrogens is 180 g/mol. The van der Waals surface area contributed by atoms with Gasteiger partial charge in [-0.05, 0) is 35.8 Å². The second kappa shape index (κ2) is 5.95. The Balaban J connectivity index is 2.60. The van der Waals surface area contributed by atoms with Crippen molar-refractivity contribution in [3.63, 3.8) is 0 Å². The fraction of sp³-hybridized carbons (Fsp3) is 0.600. The third-order valence-corrected chi connectivity index (χ3v) is 3.11. The topological polar surface area (TPSA) is 0 Å². The Morgan fingerprint density at radius 3 is 2.40 bits per heavy atom. The maximum absolute atomic E-state index is 2.37. The average Bonchev–Trinajstić information content (AvgIpc) is 2.26. The Labute approximate surface area is 94.7 Å². The predicted molar refractivity (Wildman–Crippen MR) is 68.3 cm³/mol. The van der Waals surface area contributed by atoms with Crippen molar-refractivity contribution in [2.24, 2.45) is 5.92 Å². The Bertz CT molecular complexity index is 286. The molecule has 1 rings (SSSR count). The molecule has 0 heterocycles. The first-order chi connectivity index (χ1) is 7.13. The summed E-state index contributed by atoms with van der Waals surface area (Å²) in [5, 5.41) is 0. The Kier molecular flexibility index (Phi) is 4.87. The summed E-state index contributed by atoms with van der Waals surface area (Å²) in [7, 11) is 0. The van der Waals surface area contributed by atoms with Gasteiger partial charge in [0, 0.05) is 0 Å². The molecule has 0 aliphatic heterocycles. The van der Waals surface area contributed by atoms with Crippen LogP contribution in [0.15, 0.2) is 24.3 Å². The molecule has 0 spiro atoms. The minimum atomic E-state index is 0.707. The summed E-state index contributed by atoms with van der Waals surface area (Å²) < 4.78 is 0. The zero-order valence-corrected chi connectivity index (χ0v) is 10.6. The van der Waals surface area contributed by atoms with Crippen molar-refractivity contribution < 1.29 is 0 Å². The molecule has 0 fully saturated rings. The lowest BCUT2D eigenvalue weighted by Crippen LogP contribution is -1.97. The molecule has 0 amide bonds. The van der Waals surface area contributed by atoms with Gasteiger partial charge in [0.05, 0.1) is 0 Å². The fourth-order valence-corrected chi connectivity index (χ4v) is 1.87. The first kappa shape index (κ1) is 12.3. The minimum Gasteiger partial charge on any atom is -0.0628 e. The number of rotatable bonds is 5. The van der Waals surface area contributed by atoms with Gasteiger partial charge in [-0.3, -0.25) is 0 Å². The molecule has 0 nitrogen and oxygen atoms in total. The summed E-state index contributed by atoms with van der Waals surface area (Å²) in [4.78, 5) is 0. The van der Waals surface area contributed by atoms with Gasteiger partial charge in [0.25, 0.3) is 0 Å². The molecule has 0 heteroatoms. The van der Waals surface area contributed by atoms with E-state index in [0.29, 0.717) is 5.92 Å². The van der Waals surface area contributed by atoms with Gasteiger partial charge in [-0.25, -0.2) is 0 Å². The van der Waals surface area contributed by atoms with Crippen molar-refractivity contribution in [1.82, 2.24) is 0 Å². The van der Waals surface area contributed by atoms with E-state index in [0.717, 1.165) is 12.3 Å². The van der Waals surface area contributed by atoms with E-state index in [1.54, 1.807) is 0 Å². The molecule has 1 atom stereocenters. The van der Waals surface area contributed by atoms with Gasteiger partial charge >= 0.3 is 0 Å². The van der Waals surface area contributed by atoms with Crippen molar-refractivity contribution >= 4 is 0 Å². The molecule has 84 valence electrons. The summed E-state index contributed by atoms with van der Waals surface area (Å²) in [5.41, 5.74) is 2.97. The smallest absolute Gasteiger partial charge is 0.0190 e. The van der Waals surface area contributed by atoms with Gasteiger partial charge < -0.3 is 0 Å². The van der Waals surface area contributed by atoms with Crippen molar-refractivity contribution in [3.8, 4) is 0 Å². The van der Waals surface area contributed by atoms with Crippen LogP contribution in [0.3, 0.4) is 0 Å². The quantitative estimate of drug-likeness (QED) is 0.647. The van der Waals surface area contributed by atoms with Crippen LogP contribution in [-0.2, 0) is 6.42 Å². The number of aryl methyl sites for hydroxylation is 1. The van der Waals surface area contributed by atoms with Crippen LogP contribution in [0.5, 0.6) is 0 Å². The summed E-state index contributed by atoms with van der Waals surface area (Å²) in [6, 6.07) is 9.05. The molecule has 0 aliphatic rings. The standard InChI is InChI=1S/C15H24/c1-5-14-7-6-8-15(11-14)13(4)10-9-12(2)3/h6-8,11-13H,5,9-10H2,1-4H3. The van der Waals surface area contributed by atoms with E-state index in [1.165, 1.54) is 24.0 Å². The largest absolute Gasteiger partial charge is 0.0628 e. The van der Waals surface area contributed by atoms with Gasteiger partial charge in [0.2, 0.25) is 0 Å². The average molecular weight is 204 g/mol. The van der Waals surface area contributed by atoms with E-state index in [2.05, 4.69) is 52.0 Å². The number of hydrogen-bond donors (Lipinski definition) is 0. The van der Waals surface area contributed by atoms with E-state index < -0.39 is 0 Å². The highest BCUT2D eigenvalue weighted by Crippen LogP contribution is 2.23. The Hall–Kier alpha value is -0.780.